The topological polar surface area (TPSA) is 134 Å². The normalized spacial score (nSPS) is 13.2. The van der Waals surface area contributed by atoms with Crippen LogP contribution in [0.1, 0.15) is 373 Å². The molecule has 0 rings (SSSR count). The molecule has 0 aromatic carbocycles. The second kappa shape index (κ2) is 70.8. The fourth-order valence-electron chi connectivity index (χ4n) is 10.9. The molecule has 0 bridgehead atoms. The van der Waals surface area contributed by atoms with Gasteiger partial charge in [-0.1, -0.05) is 338 Å². The van der Waals surface area contributed by atoms with E-state index in [0.29, 0.717) is 6.42 Å². The zero-order valence-corrected chi connectivity index (χ0v) is 57.0. The number of carbonyl (C=O) groups excluding carboxylic acids is 2. The van der Waals surface area contributed by atoms with Crippen LogP contribution in [0.2, 0.25) is 0 Å². The van der Waals surface area contributed by atoms with Crippen molar-refractivity contribution in [2.45, 2.75) is 380 Å². The monoisotopic (exact) mass is 1210 g/mol. The lowest BCUT2D eigenvalue weighted by Gasteiger charge is -2.19. The highest BCUT2D eigenvalue weighted by atomic mass is 31.2. The maximum Gasteiger partial charge on any atom is 0.472 e. The van der Waals surface area contributed by atoms with Crippen LogP contribution in [0.4, 0.5) is 0 Å². The van der Waals surface area contributed by atoms with E-state index in [9.17, 15) is 19.0 Å². The van der Waals surface area contributed by atoms with Crippen molar-refractivity contribution in [1.29, 1.82) is 0 Å². The molecule has 0 spiro atoms. The van der Waals surface area contributed by atoms with Gasteiger partial charge in [0.2, 0.25) is 0 Å². The summed E-state index contributed by atoms with van der Waals surface area (Å²) in [4.78, 5) is 35.4. The SMILES string of the molecule is CCCCCCC/C=C\C/C=C\C/C=C\CCCCCCCCCCCCCCCCCCC(=O)OC(COC(=O)CCCCCCCCCCCCCCCCCCCCCCC/C=C\C/C=C\CCCCCCC)COP(=O)(O)OCCN. The molecule has 0 aliphatic rings. The van der Waals surface area contributed by atoms with Gasteiger partial charge < -0.3 is 20.1 Å². The second-order valence-corrected chi connectivity index (χ2v) is 26.3. The molecule has 85 heavy (non-hydrogen) atoms. The summed E-state index contributed by atoms with van der Waals surface area (Å²) >= 11 is 0. The van der Waals surface area contributed by atoms with E-state index < -0.39 is 26.5 Å². The smallest absolute Gasteiger partial charge is 0.462 e. The molecule has 0 radical (unpaired) electrons. The summed E-state index contributed by atoms with van der Waals surface area (Å²) in [6.45, 7) is 3.78. The number of phosphoric ester groups is 1. The van der Waals surface area contributed by atoms with Crippen LogP contribution in [0, 0.1) is 0 Å². The summed E-state index contributed by atoms with van der Waals surface area (Å²) < 4.78 is 33.2. The molecule has 9 nitrogen and oxygen atoms in total. The number of rotatable bonds is 70. The van der Waals surface area contributed by atoms with Crippen LogP contribution in [-0.4, -0.2) is 49.3 Å². The zero-order valence-electron chi connectivity index (χ0n) is 56.1. The first kappa shape index (κ1) is 82.7. The van der Waals surface area contributed by atoms with Gasteiger partial charge in [0.25, 0.3) is 0 Å². The third kappa shape index (κ3) is 70.7. The van der Waals surface area contributed by atoms with Crippen molar-refractivity contribution >= 4 is 19.8 Å². The molecule has 2 atom stereocenters. The summed E-state index contributed by atoms with van der Waals surface area (Å²) in [7, 11) is -4.39. The van der Waals surface area contributed by atoms with Gasteiger partial charge in [0.05, 0.1) is 13.2 Å². The fraction of sp³-hybridized carbons (Fsp3) is 0.840. The third-order valence-electron chi connectivity index (χ3n) is 16.4. The van der Waals surface area contributed by atoms with Crippen molar-refractivity contribution in [2.75, 3.05) is 26.4 Å². The molecule has 0 saturated heterocycles. The van der Waals surface area contributed by atoms with Gasteiger partial charge in [0, 0.05) is 19.4 Å². The van der Waals surface area contributed by atoms with E-state index in [0.717, 1.165) is 51.4 Å². The minimum atomic E-state index is -4.39. The van der Waals surface area contributed by atoms with Crippen molar-refractivity contribution in [3.8, 4) is 0 Å². The number of hydrogen-bond acceptors (Lipinski definition) is 8. The molecule has 0 aliphatic heterocycles. The van der Waals surface area contributed by atoms with Crippen molar-refractivity contribution < 1.29 is 37.6 Å². The highest BCUT2D eigenvalue weighted by Crippen LogP contribution is 2.43. The first-order valence-corrected chi connectivity index (χ1v) is 38.3. The van der Waals surface area contributed by atoms with Crippen molar-refractivity contribution in [2.24, 2.45) is 5.73 Å². The van der Waals surface area contributed by atoms with E-state index in [-0.39, 0.29) is 38.6 Å². The van der Waals surface area contributed by atoms with Crippen molar-refractivity contribution in [1.82, 2.24) is 0 Å². The molecule has 0 aromatic heterocycles. The van der Waals surface area contributed by atoms with Crippen LogP contribution >= 0.6 is 7.82 Å². The second-order valence-electron chi connectivity index (χ2n) is 24.8. The highest BCUT2D eigenvalue weighted by molar-refractivity contribution is 7.47. The number of phosphoric acid groups is 1. The van der Waals surface area contributed by atoms with Crippen molar-refractivity contribution in [3.05, 3.63) is 60.8 Å². The van der Waals surface area contributed by atoms with Crippen LogP contribution in [0.25, 0.3) is 0 Å². The van der Waals surface area contributed by atoms with Crippen LogP contribution < -0.4 is 5.73 Å². The molecule has 0 saturated carbocycles. The minimum Gasteiger partial charge on any atom is -0.462 e. The Bertz CT molecular complexity index is 1580. The molecule has 3 N–H and O–H groups in total. The number of carbonyl (C=O) groups is 2. The predicted octanol–water partition coefficient (Wildman–Crippen LogP) is 24.2. The third-order valence-corrected chi connectivity index (χ3v) is 17.4. The average molecular weight is 1210 g/mol. The summed E-state index contributed by atoms with van der Waals surface area (Å²) in [5.41, 5.74) is 5.41. The summed E-state index contributed by atoms with van der Waals surface area (Å²) in [6, 6.07) is 0. The molecule has 498 valence electrons. The van der Waals surface area contributed by atoms with Gasteiger partial charge in [-0.3, -0.25) is 18.6 Å². The van der Waals surface area contributed by atoms with Gasteiger partial charge in [-0.25, -0.2) is 4.57 Å². The van der Waals surface area contributed by atoms with Gasteiger partial charge >= 0.3 is 19.8 Å². The Morgan fingerprint density at radius 2 is 0.612 bits per heavy atom. The average Bonchev–Trinajstić information content (AvgIpc) is 3.52. The van der Waals surface area contributed by atoms with Gasteiger partial charge in [-0.15, -0.1) is 0 Å². The van der Waals surface area contributed by atoms with Gasteiger partial charge in [-0.2, -0.15) is 0 Å². The largest absolute Gasteiger partial charge is 0.472 e. The van der Waals surface area contributed by atoms with E-state index in [1.807, 2.05) is 0 Å². The number of hydrogen-bond donors (Lipinski definition) is 2. The van der Waals surface area contributed by atoms with E-state index >= 15 is 0 Å². The predicted molar refractivity (Wildman–Crippen MR) is 367 cm³/mol. The maximum absolute atomic E-state index is 12.8. The fourth-order valence-corrected chi connectivity index (χ4v) is 11.7. The van der Waals surface area contributed by atoms with Crippen LogP contribution in [0.15, 0.2) is 60.8 Å². The highest BCUT2D eigenvalue weighted by Gasteiger charge is 2.26. The van der Waals surface area contributed by atoms with E-state index in [2.05, 4.69) is 74.6 Å². The summed E-state index contributed by atoms with van der Waals surface area (Å²) in [5, 5.41) is 0. The lowest BCUT2D eigenvalue weighted by Crippen LogP contribution is -2.29. The molecule has 10 heteroatoms. The van der Waals surface area contributed by atoms with E-state index in [1.54, 1.807) is 0 Å². The standard InChI is InChI=1S/C75H140NO8P/c1-3-5-7-9-11-13-15-17-19-21-23-25-27-29-31-33-35-36-38-39-41-43-45-47-49-51-53-55-57-59-61-63-65-67-74(77)81-71-73(72-83-85(79,80)82-70-69-76)84-75(78)68-66-64-62-60-58-56-54-52-50-48-46-44-42-40-37-34-32-30-28-26-24-22-20-18-16-14-12-10-8-6-4-2/h15-18,21-24,28,30,73H,3-14,19-20,25-27,29,31-72,76H2,1-2H3,(H,79,80)/b17-15-,18-16-,23-21-,24-22-,30-28-. The Hall–Kier alpha value is -2.29. The maximum atomic E-state index is 12.8. The Labute approximate surface area is 527 Å². The summed E-state index contributed by atoms with van der Waals surface area (Å²) in [5.74, 6) is -0.809. The first-order valence-electron chi connectivity index (χ1n) is 36.8. The number of allylic oxidation sites excluding steroid dienone is 10. The molecule has 0 amide bonds. The van der Waals surface area contributed by atoms with Gasteiger partial charge in [0.1, 0.15) is 6.61 Å². The molecular weight excluding hydrogens is 1070 g/mol. The summed E-state index contributed by atoms with van der Waals surface area (Å²) in [6.07, 6.45) is 91.9. The van der Waals surface area contributed by atoms with Crippen molar-refractivity contribution in [3.63, 3.8) is 0 Å². The Morgan fingerprint density at radius 1 is 0.353 bits per heavy atom. The quantitative estimate of drug-likeness (QED) is 0.0264. The first-order chi connectivity index (χ1) is 41.8. The Morgan fingerprint density at radius 3 is 0.906 bits per heavy atom. The van der Waals surface area contributed by atoms with Crippen LogP contribution in [0.3, 0.4) is 0 Å². The number of unbranched alkanes of at least 4 members (excludes halogenated alkanes) is 47. The lowest BCUT2D eigenvalue weighted by molar-refractivity contribution is -0.161. The molecule has 0 aliphatic carbocycles. The van der Waals surface area contributed by atoms with Gasteiger partial charge in [-0.05, 0) is 83.5 Å². The van der Waals surface area contributed by atoms with Crippen LogP contribution in [-0.2, 0) is 32.7 Å². The zero-order chi connectivity index (χ0) is 61.6. The Balaban J connectivity index is 3.82. The molecule has 0 fully saturated rings. The number of ether oxygens (including phenoxy) is 2. The van der Waals surface area contributed by atoms with E-state index in [1.165, 1.54) is 289 Å². The number of nitrogens with two attached hydrogens (primary N) is 1. The molecular formula is C75H140NO8P. The van der Waals surface area contributed by atoms with Crippen LogP contribution in [0.5, 0.6) is 0 Å². The molecule has 0 aromatic rings. The molecule has 0 heterocycles. The minimum absolute atomic E-state index is 0.0543. The Kier molecular flexibility index (Phi) is 68.9. The molecule has 2 unspecified atom stereocenters. The lowest BCUT2D eigenvalue weighted by atomic mass is 10.0. The number of esters is 2. The van der Waals surface area contributed by atoms with Gasteiger partial charge in [0.15, 0.2) is 6.10 Å². The van der Waals surface area contributed by atoms with E-state index in [4.69, 9.17) is 24.3 Å².